The fourth-order valence-electron chi connectivity index (χ4n) is 1.56. The van der Waals surface area contributed by atoms with Crippen LogP contribution in [-0.2, 0) is 0 Å². The highest BCUT2D eigenvalue weighted by Crippen LogP contribution is 2.30. The van der Waals surface area contributed by atoms with Crippen LogP contribution in [0.3, 0.4) is 0 Å². The smallest absolute Gasteiger partial charge is 0.0947 e. The van der Waals surface area contributed by atoms with Crippen LogP contribution >= 0.6 is 0 Å². The van der Waals surface area contributed by atoms with Gasteiger partial charge in [-0.2, -0.15) is 5.26 Å². The zero-order valence-electron chi connectivity index (χ0n) is 7.54. The van der Waals surface area contributed by atoms with E-state index in [9.17, 15) is 0 Å². The molecule has 0 N–H and O–H groups in total. The van der Waals surface area contributed by atoms with Crippen LogP contribution in [0.4, 0.5) is 0 Å². The lowest BCUT2D eigenvalue weighted by Gasteiger charge is -2.22. The highest BCUT2D eigenvalue weighted by molar-refractivity contribution is 6.13. The summed E-state index contributed by atoms with van der Waals surface area (Å²) in [6, 6.07) is 2.17. The van der Waals surface area contributed by atoms with Crippen molar-refractivity contribution in [1.29, 1.82) is 5.26 Å². The standard InChI is InChI=1S/C10H12BN/c1-7-5-9(6-12)3-4-10(7)8(2)11/h3-4,7-8H,5H2,1-2H3. The Morgan fingerprint density at radius 2 is 2.33 bits per heavy atom. The second-order valence-electron chi connectivity index (χ2n) is 3.36. The van der Waals surface area contributed by atoms with Gasteiger partial charge >= 0.3 is 0 Å². The molecule has 12 heavy (non-hydrogen) atoms. The first kappa shape index (κ1) is 9.13. The van der Waals surface area contributed by atoms with Crippen LogP contribution in [0.5, 0.6) is 0 Å². The summed E-state index contributed by atoms with van der Waals surface area (Å²) in [5.74, 6) is 0.529. The Bertz CT molecular complexity index is 268. The Morgan fingerprint density at radius 1 is 1.67 bits per heavy atom. The molecule has 2 radical (unpaired) electrons. The van der Waals surface area contributed by atoms with Gasteiger partial charge in [0, 0.05) is 5.57 Å². The van der Waals surface area contributed by atoms with E-state index in [1.54, 1.807) is 0 Å². The minimum Gasteiger partial charge on any atom is -0.193 e. The van der Waals surface area contributed by atoms with Gasteiger partial charge in [-0.05, 0) is 18.4 Å². The Kier molecular flexibility index (Phi) is 2.76. The SMILES string of the molecule is [B]C(C)C1=CC=C(C#N)CC1C. The van der Waals surface area contributed by atoms with Crippen molar-refractivity contribution in [2.24, 2.45) is 5.92 Å². The molecule has 1 aliphatic rings. The van der Waals surface area contributed by atoms with Gasteiger partial charge in [0.2, 0.25) is 0 Å². The second-order valence-corrected chi connectivity index (χ2v) is 3.36. The van der Waals surface area contributed by atoms with E-state index in [2.05, 4.69) is 13.0 Å². The van der Waals surface area contributed by atoms with Gasteiger partial charge in [0.1, 0.15) is 0 Å². The van der Waals surface area contributed by atoms with Crippen LogP contribution in [0.15, 0.2) is 23.3 Å². The lowest BCUT2D eigenvalue weighted by molar-refractivity contribution is 0.647. The molecule has 2 heteroatoms. The topological polar surface area (TPSA) is 23.8 Å². The molecular formula is C10H12BN. The van der Waals surface area contributed by atoms with Crippen LogP contribution < -0.4 is 0 Å². The maximum absolute atomic E-state index is 8.65. The summed E-state index contributed by atoms with van der Waals surface area (Å²) in [7, 11) is 5.76. The molecule has 0 aromatic heterocycles. The summed E-state index contributed by atoms with van der Waals surface area (Å²) in [4.78, 5) is 0. The summed E-state index contributed by atoms with van der Waals surface area (Å²) in [6.07, 6.45) is 4.69. The van der Waals surface area contributed by atoms with E-state index >= 15 is 0 Å². The van der Waals surface area contributed by atoms with E-state index < -0.39 is 0 Å². The zero-order chi connectivity index (χ0) is 9.14. The molecule has 1 rings (SSSR count). The van der Waals surface area contributed by atoms with Crippen molar-refractivity contribution in [3.63, 3.8) is 0 Å². The predicted octanol–water partition coefficient (Wildman–Crippen LogP) is 2.38. The average molecular weight is 157 g/mol. The van der Waals surface area contributed by atoms with Crippen molar-refractivity contribution in [2.75, 3.05) is 0 Å². The van der Waals surface area contributed by atoms with Gasteiger partial charge in [-0.15, -0.1) is 0 Å². The van der Waals surface area contributed by atoms with Crippen molar-refractivity contribution < 1.29 is 0 Å². The molecule has 2 unspecified atom stereocenters. The second kappa shape index (κ2) is 3.62. The molecule has 0 saturated carbocycles. The van der Waals surface area contributed by atoms with Crippen LogP contribution in [0, 0.1) is 17.2 Å². The molecule has 0 saturated heterocycles. The van der Waals surface area contributed by atoms with Crippen LogP contribution in [0.1, 0.15) is 20.3 Å². The average Bonchev–Trinajstić information content (AvgIpc) is 2.03. The molecule has 0 aliphatic heterocycles. The van der Waals surface area contributed by atoms with Crippen LogP contribution in [-0.4, -0.2) is 7.85 Å². The molecule has 0 bridgehead atoms. The highest BCUT2D eigenvalue weighted by Gasteiger charge is 2.16. The molecule has 0 aromatic rings. The first-order chi connectivity index (χ1) is 5.65. The van der Waals surface area contributed by atoms with Gasteiger partial charge in [-0.1, -0.05) is 31.3 Å². The summed E-state index contributed by atoms with van der Waals surface area (Å²) >= 11 is 0. The van der Waals surface area contributed by atoms with Crippen molar-refractivity contribution in [3.8, 4) is 6.07 Å². The van der Waals surface area contributed by atoms with Crippen LogP contribution in [0.25, 0.3) is 0 Å². The molecule has 0 spiro atoms. The molecule has 2 atom stereocenters. The Labute approximate surface area is 75.2 Å². The maximum atomic E-state index is 8.65. The van der Waals surface area contributed by atoms with Gasteiger partial charge in [0.15, 0.2) is 0 Å². The summed E-state index contributed by atoms with van der Waals surface area (Å²) in [6.45, 7) is 4.09. The van der Waals surface area contributed by atoms with Gasteiger partial charge in [-0.25, -0.2) is 0 Å². The van der Waals surface area contributed by atoms with Crippen molar-refractivity contribution >= 4 is 7.85 Å². The zero-order valence-corrected chi connectivity index (χ0v) is 7.54. The number of hydrogen-bond acceptors (Lipinski definition) is 1. The van der Waals surface area contributed by atoms with E-state index in [-0.39, 0.29) is 5.82 Å². The molecule has 0 fully saturated rings. The fourth-order valence-corrected chi connectivity index (χ4v) is 1.56. The molecule has 0 heterocycles. The van der Waals surface area contributed by atoms with Gasteiger partial charge in [0.25, 0.3) is 0 Å². The summed E-state index contributed by atoms with van der Waals surface area (Å²) in [5, 5.41) is 8.65. The monoisotopic (exact) mass is 157 g/mol. The normalized spacial score (nSPS) is 25.2. The molecular weight excluding hydrogens is 145 g/mol. The summed E-state index contributed by atoms with van der Waals surface area (Å²) < 4.78 is 0. The van der Waals surface area contributed by atoms with Crippen LogP contribution in [0.2, 0.25) is 5.82 Å². The van der Waals surface area contributed by atoms with E-state index in [1.165, 1.54) is 5.57 Å². The quantitative estimate of drug-likeness (QED) is 0.536. The number of hydrogen-bond donors (Lipinski definition) is 0. The molecule has 1 aliphatic carbocycles. The fraction of sp³-hybridized carbons (Fsp3) is 0.500. The number of nitrogens with zero attached hydrogens (tertiary/aromatic N) is 1. The van der Waals surface area contributed by atoms with Gasteiger partial charge < -0.3 is 0 Å². The Morgan fingerprint density at radius 3 is 2.75 bits per heavy atom. The third-order valence-corrected chi connectivity index (χ3v) is 2.24. The minimum absolute atomic E-state index is 0.108. The minimum atomic E-state index is 0.108. The van der Waals surface area contributed by atoms with E-state index in [4.69, 9.17) is 13.1 Å². The third-order valence-electron chi connectivity index (χ3n) is 2.24. The third kappa shape index (κ3) is 1.79. The maximum Gasteiger partial charge on any atom is 0.0947 e. The summed E-state index contributed by atoms with van der Waals surface area (Å²) in [5.41, 5.74) is 2.10. The Balaban J connectivity index is 2.85. The van der Waals surface area contributed by atoms with E-state index in [0.717, 1.165) is 12.0 Å². The molecule has 0 amide bonds. The molecule has 0 aromatic carbocycles. The number of rotatable bonds is 1. The predicted molar refractivity (Wildman–Crippen MR) is 50.7 cm³/mol. The first-order valence-electron chi connectivity index (χ1n) is 4.21. The molecule has 1 nitrogen and oxygen atoms in total. The van der Waals surface area contributed by atoms with Gasteiger partial charge in [0.05, 0.1) is 13.9 Å². The highest BCUT2D eigenvalue weighted by atomic mass is 14.3. The van der Waals surface area contributed by atoms with Crippen molar-refractivity contribution in [2.45, 2.75) is 26.1 Å². The lowest BCUT2D eigenvalue weighted by atomic mass is 9.73. The van der Waals surface area contributed by atoms with Gasteiger partial charge in [-0.3, -0.25) is 0 Å². The number of allylic oxidation sites excluding steroid dienone is 4. The lowest BCUT2D eigenvalue weighted by Crippen LogP contribution is -2.08. The molecule has 60 valence electrons. The Hall–Kier alpha value is -0.965. The first-order valence-corrected chi connectivity index (χ1v) is 4.21. The van der Waals surface area contributed by atoms with Crippen molar-refractivity contribution in [1.82, 2.24) is 0 Å². The van der Waals surface area contributed by atoms with Crippen molar-refractivity contribution in [3.05, 3.63) is 23.3 Å². The van der Waals surface area contributed by atoms with E-state index in [0.29, 0.717) is 5.92 Å². The van der Waals surface area contributed by atoms with E-state index in [1.807, 2.05) is 19.1 Å². The largest absolute Gasteiger partial charge is 0.193 e. The number of nitriles is 1.